The molecule has 25 heavy (non-hydrogen) atoms. The van der Waals surface area contributed by atoms with Crippen LogP contribution in [0.2, 0.25) is 0 Å². The molecule has 3 aromatic rings. The van der Waals surface area contributed by atoms with E-state index >= 15 is 0 Å². The Morgan fingerprint density at radius 2 is 2.00 bits per heavy atom. The summed E-state index contributed by atoms with van der Waals surface area (Å²) >= 11 is 3.40. The van der Waals surface area contributed by atoms with Crippen LogP contribution in [0.4, 0.5) is 0 Å². The van der Waals surface area contributed by atoms with Gasteiger partial charge in [0.05, 0.1) is 29.5 Å². The zero-order valence-electron chi connectivity index (χ0n) is 13.4. The molecule has 0 aliphatic heterocycles. The van der Waals surface area contributed by atoms with Crippen molar-refractivity contribution in [3.8, 4) is 5.69 Å². The first-order valence-corrected chi connectivity index (χ1v) is 9.52. The summed E-state index contributed by atoms with van der Waals surface area (Å²) in [5.41, 5.74) is 3.25. The minimum atomic E-state index is -3.74. The van der Waals surface area contributed by atoms with Gasteiger partial charge in [0.25, 0.3) is 10.0 Å². The monoisotopic (exact) mass is 422 g/mol. The molecule has 0 saturated heterocycles. The Morgan fingerprint density at radius 3 is 2.64 bits per heavy atom. The van der Waals surface area contributed by atoms with E-state index in [4.69, 9.17) is 0 Å². The lowest BCUT2D eigenvalue weighted by Gasteiger charge is -2.04. The van der Waals surface area contributed by atoms with Crippen LogP contribution in [0.5, 0.6) is 0 Å². The van der Waals surface area contributed by atoms with Crippen LogP contribution < -0.4 is 4.83 Å². The molecule has 2 N–H and O–H groups in total. The number of rotatable bonds is 5. The van der Waals surface area contributed by atoms with Gasteiger partial charge in [0.1, 0.15) is 4.90 Å². The van der Waals surface area contributed by atoms with E-state index in [9.17, 15) is 8.42 Å². The van der Waals surface area contributed by atoms with Crippen molar-refractivity contribution in [1.29, 1.82) is 0 Å². The second-order valence-corrected chi connectivity index (χ2v) is 7.84. The summed E-state index contributed by atoms with van der Waals surface area (Å²) < 4.78 is 26.8. The molecule has 0 aliphatic rings. The molecule has 2 heterocycles. The predicted octanol–water partition coefficient (Wildman–Crippen LogP) is 2.29. The molecule has 0 radical (unpaired) electrons. The van der Waals surface area contributed by atoms with E-state index in [0.717, 1.165) is 27.1 Å². The van der Waals surface area contributed by atoms with Crippen molar-refractivity contribution < 1.29 is 8.42 Å². The summed E-state index contributed by atoms with van der Waals surface area (Å²) in [5, 5.41) is 14.4. The highest BCUT2D eigenvalue weighted by Crippen LogP contribution is 2.18. The van der Waals surface area contributed by atoms with Gasteiger partial charge in [0.2, 0.25) is 0 Å². The molecule has 1 aromatic carbocycles. The molecule has 10 heteroatoms. The number of hydrogen-bond donors (Lipinski definition) is 2. The van der Waals surface area contributed by atoms with Crippen LogP contribution in [0.1, 0.15) is 17.0 Å². The van der Waals surface area contributed by atoms with Gasteiger partial charge in [-0.2, -0.15) is 28.5 Å². The summed E-state index contributed by atoms with van der Waals surface area (Å²) in [6, 6.07) is 7.73. The zero-order valence-corrected chi connectivity index (χ0v) is 15.8. The smallest absolute Gasteiger partial charge is 0.279 e. The highest BCUT2D eigenvalue weighted by molar-refractivity contribution is 9.10. The number of hydrogen-bond acceptors (Lipinski definition) is 5. The molecule has 0 bridgehead atoms. The lowest BCUT2D eigenvalue weighted by atomic mass is 10.2. The highest BCUT2D eigenvalue weighted by atomic mass is 79.9. The first-order valence-electron chi connectivity index (χ1n) is 7.24. The highest BCUT2D eigenvalue weighted by Gasteiger charge is 2.15. The molecule has 0 amide bonds. The van der Waals surface area contributed by atoms with E-state index in [1.807, 2.05) is 38.1 Å². The third-order valence-corrected chi connectivity index (χ3v) is 5.29. The summed E-state index contributed by atoms with van der Waals surface area (Å²) in [6.45, 7) is 3.74. The molecule has 0 aliphatic carbocycles. The normalized spacial score (nSPS) is 12.0. The lowest BCUT2D eigenvalue weighted by molar-refractivity contribution is 0.585. The number of aromatic nitrogens is 4. The molecule has 0 fully saturated rings. The van der Waals surface area contributed by atoms with Gasteiger partial charge in [-0.25, -0.2) is 4.68 Å². The van der Waals surface area contributed by atoms with Crippen molar-refractivity contribution >= 4 is 32.2 Å². The molecule has 3 rings (SSSR count). The van der Waals surface area contributed by atoms with Crippen molar-refractivity contribution in [3.05, 3.63) is 58.1 Å². The van der Waals surface area contributed by atoms with E-state index in [1.54, 1.807) is 4.68 Å². The van der Waals surface area contributed by atoms with Crippen molar-refractivity contribution in [2.75, 3.05) is 0 Å². The number of sulfonamides is 1. The largest absolute Gasteiger partial charge is 0.284 e. The van der Waals surface area contributed by atoms with E-state index in [0.29, 0.717) is 0 Å². The minimum absolute atomic E-state index is 0.0173. The van der Waals surface area contributed by atoms with E-state index < -0.39 is 10.0 Å². The third kappa shape index (κ3) is 3.64. The standard InChI is InChI=1S/C15H15BrN6O2S/c1-10-15(9-19-21-25(23,24)14-7-17-18-8-14)11(2)22(20-10)13-5-3-12(16)4-6-13/h3-9,21H,1-2H3,(H,17,18)/b19-9+. The van der Waals surface area contributed by atoms with Gasteiger partial charge in [-0.1, -0.05) is 15.9 Å². The Morgan fingerprint density at radius 1 is 1.28 bits per heavy atom. The fourth-order valence-electron chi connectivity index (χ4n) is 2.27. The van der Waals surface area contributed by atoms with Gasteiger partial charge in [0, 0.05) is 16.2 Å². The molecular weight excluding hydrogens is 408 g/mol. The predicted molar refractivity (Wildman–Crippen MR) is 97.2 cm³/mol. The second kappa shape index (κ2) is 6.81. The van der Waals surface area contributed by atoms with E-state index in [-0.39, 0.29) is 4.90 Å². The van der Waals surface area contributed by atoms with Crippen LogP contribution in [0, 0.1) is 13.8 Å². The fourth-order valence-corrected chi connectivity index (χ4v) is 3.23. The van der Waals surface area contributed by atoms with Crippen LogP contribution in [-0.2, 0) is 10.0 Å². The van der Waals surface area contributed by atoms with E-state index in [1.165, 1.54) is 18.6 Å². The Hall–Kier alpha value is -2.46. The molecule has 8 nitrogen and oxygen atoms in total. The van der Waals surface area contributed by atoms with Gasteiger partial charge in [-0.05, 0) is 38.1 Å². The molecule has 0 spiro atoms. The Kier molecular flexibility index (Phi) is 4.73. The van der Waals surface area contributed by atoms with Gasteiger partial charge in [-0.15, -0.1) is 0 Å². The maximum atomic E-state index is 12.0. The fraction of sp³-hybridized carbons (Fsp3) is 0.133. The summed E-state index contributed by atoms with van der Waals surface area (Å²) in [7, 11) is -3.74. The minimum Gasteiger partial charge on any atom is -0.284 e. The first-order chi connectivity index (χ1) is 11.9. The number of nitrogens with zero attached hydrogens (tertiary/aromatic N) is 4. The Balaban J connectivity index is 1.85. The number of hydrazone groups is 1. The quantitative estimate of drug-likeness (QED) is 0.485. The number of aromatic amines is 1. The third-order valence-electron chi connectivity index (χ3n) is 3.57. The molecule has 2 aromatic heterocycles. The van der Waals surface area contributed by atoms with Gasteiger partial charge >= 0.3 is 0 Å². The van der Waals surface area contributed by atoms with Gasteiger partial charge in [-0.3, -0.25) is 5.10 Å². The van der Waals surface area contributed by atoms with Crippen LogP contribution >= 0.6 is 15.9 Å². The number of benzene rings is 1. The summed E-state index contributed by atoms with van der Waals surface area (Å²) in [4.78, 5) is 2.18. The summed E-state index contributed by atoms with van der Waals surface area (Å²) in [5.74, 6) is 0. The Labute approximate surface area is 153 Å². The lowest BCUT2D eigenvalue weighted by Crippen LogP contribution is -2.17. The second-order valence-electron chi connectivity index (χ2n) is 5.26. The zero-order chi connectivity index (χ0) is 18.0. The van der Waals surface area contributed by atoms with Gasteiger partial charge in [0.15, 0.2) is 0 Å². The number of nitrogens with one attached hydrogen (secondary N) is 2. The van der Waals surface area contributed by atoms with Gasteiger partial charge < -0.3 is 0 Å². The SMILES string of the molecule is Cc1nn(-c2ccc(Br)cc2)c(C)c1/C=N/NS(=O)(=O)c1cn[nH]c1. The summed E-state index contributed by atoms with van der Waals surface area (Å²) in [6.07, 6.45) is 3.94. The molecule has 130 valence electrons. The maximum absolute atomic E-state index is 12.0. The van der Waals surface area contributed by atoms with Crippen molar-refractivity contribution in [1.82, 2.24) is 24.8 Å². The maximum Gasteiger partial charge on any atom is 0.279 e. The average Bonchev–Trinajstić information content (AvgIpc) is 3.20. The number of H-pyrrole nitrogens is 1. The number of halogens is 1. The van der Waals surface area contributed by atoms with Crippen LogP contribution in [0.15, 0.2) is 51.1 Å². The van der Waals surface area contributed by atoms with Crippen LogP contribution in [0.3, 0.4) is 0 Å². The Bertz CT molecular complexity index is 1010. The van der Waals surface area contributed by atoms with Crippen molar-refractivity contribution in [2.24, 2.45) is 5.10 Å². The van der Waals surface area contributed by atoms with Crippen LogP contribution in [-0.4, -0.2) is 34.6 Å². The molecule has 0 atom stereocenters. The molecule has 0 saturated carbocycles. The first kappa shape index (κ1) is 17.4. The van der Waals surface area contributed by atoms with Crippen LogP contribution in [0.25, 0.3) is 5.69 Å². The number of aryl methyl sites for hydroxylation is 1. The molecule has 0 unspecified atom stereocenters. The van der Waals surface area contributed by atoms with Crippen molar-refractivity contribution in [3.63, 3.8) is 0 Å². The topological polar surface area (TPSA) is 105 Å². The van der Waals surface area contributed by atoms with Crippen molar-refractivity contribution in [2.45, 2.75) is 18.7 Å². The van der Waals surface area contributed by atoms with E-state index in [2.05, 4.69) is 41.2 Å². The molecular formula is C15H15BrN6O2S. The average molecular weight is 423 g/mol.